The number of rotatable bonds is 5. The van der Waals surface area contributed by atoms with Crippen LogP contribution >= 0.6 is 0 Å². The number of benzene rings is 1. The SMILES string of the molecule is c1ccc(Cn2c(CC3CCCC3)nnc2N2CCOCC2)cc1. The first-order chi connectivity index (χ1) is 11.9. The van der Waals surface area contributed by atoms with E-state index in [1.54, 1.807) is 0 Å². The molecular formula is C19H26N4O. The zero-order valence-corrected chi connectivity index (χ0v) is 14.2. The summed E-state index contributed by atoms with van der Waals surface area (Å²) >= 11 is 0. The van der Waals surface area contributed by atoms with Crippen molar-refractivity contribution in [3.8, 4) is 0 Å². The Labute approximate surface area is 143 Å². The van der Waals surface area contributed by atoms with Gasteiger partial charge in [-0.15, -0.1) is 10.2 Å². The Hall–Kier alpha value is -1.88. The van der Waals surface area contributed by atoms with Crippen molar-refractivity contribution in [1.82, 2.24) is 14.8 Å². The topological polar surface area (TPSA) is 43.2 Å². The number of morpholine rings is 1. The highest BCUT2D eigenvalue weighted by Gasteiger charge is 2.23. The summed E-state index contributed by atoms with van der Waals surface area (Å²) in [5.41, 5.74) is 1.31. The highest BCUT2D eigenvalue weighted by molar-refractivity contribution is 5.33. The van der Waals surface area contributed by atoms with Crippen LogP contribution in [0.1, 0.15) is 37.1 Å². The number of nitrogens with zero attached hydrogens (tertiary/aromatic N) is 4. The summed E-state index contributed by atoms with van der Waals surface area (Å²) in [6, 6.07) is 10.6. The van der Waals surface area contributed by atoms with Gasteiger partial charge in [-0.1, -0.05) is 56.0 Å². The van der Waals surface area contributed by atoms with Gasteiger partial charge in [0.2, 0.25) is 5.95 Å². The van der Waals surface area contributed by atoms with Crippen LogP contribution in [0.15, 0.2) is 30.3 Å². The summed E-state index contributed by atoms with van der Waals surface area (Å²) in [6.45, 7) is 4.20. The Morgan fingerprint density at radius 3 is 2.50 bits per heavy atom. The second-order valence-electron chi connectivity index (χ2n) is 6.94. The number of ether oxygens (including phenoxy) is 1. The molecule has 0 amide bonds. The predicted molar refractivity (Wildman–Crippen MR) is 94.3 cm³/mol. The van der Waals surface area contributed by atoms with E-state index in [0.29, 0.717) is 0 Å². The van der Waals surface area contributed by atoms with Gasteiger partial charge in [-0.2, -0.15) is 0 Å². The van der Waals surface area contributed by atoms with E-state index in [1.165, 1.54) is 31.2 Å². The third kappa shape index (κ3) is 3.46. The quantitative estimate of drug-likeness (QED) is 0.847. The van der Waals surface area contributed by atoms with Gasteiger partial charge in [-0.25, -0.2) is 0 Å². The maximum Gasteiger partial charge on any atom is 0.227 e. The number of aromatic nitrogens is 3. The molecule has 2 fully saturated rings. The third-order valence-corrected chi connectivity index (χ3v) is 5.23. The fourth-order valence-electron chi connectivity index (χ4n) is 3.87. The fourth-order valence-corrected chi connectivity index (χ4v) is 3.87. The standard InChI is InChI=1S/C19H26N4O/c1-2-8-17(9-3-1)15-23-18(14-16-6-4-5-7-16)20-21-19(23)22-10-12-24-13-11-22/h1-3,8-9,16H,4-7,10-15H2. The van der Waals surface area contributed by atoms with Crippen molar-refractivity contribution >= 4 is 5.95 Å². The van der Waals surface area contributed by atoms with E-state index in [2.05, 4.69) is 50.0 Å². The molecule has 1 aliphatic heterocycles. The van der Waals surface area contributed by atoms with Crippen LogP contribution in [0.4, 0.5) is 5.95 Å². The Bertz CT molecular complexity index is 643. The molecule has 1 aromatic heterocycles. The Balaban J connectivity index is 1.61. The molecule has 1 aromatic carbocycles. The first-order valence-corrected chi connectivity index (χ1v) is 9.19. The van der Waals surface area contributed by atoms with Crippen LogP contribution in [0, 0.1) is 5.92 Å². The van der Waals surface area contributed by atoms with Crippen LogP contribution in [-0.2, 0) is 17.7 Å². The lowest BCUT2D eigenvalue weighted by Crippen LogP contribution is -2.38. The molecule has 2 heterocycles. The van der Waals surface area contributed by atoms with Crippen LogP contribution in [0.25, 0.3) is 0 Å². The Kier molecular flexibility index (Phi) is 4.78. The first kappa shape index (κ1) is 15.6. The van der Waals surface area contributed by atoms with Gasteiger partial charge < -0.3 is 9.64 Å². The van der Waals surface area contributed by atoms with E-state index in [0.717, 1.165) is 57.0 Å². The van der Waals surface area contributed by atoms with E-state index < -0.39 is 0 Å². The molecule has 5 heteroatoms. The molecule has 0 bridgehead atoms. The fraction of sp³-hybridized carbons (Fsp3) is 0.579. The molecule has 4 rings (SSSR count). The van der Waals surface area contributed by atoms with Crippen LogP contribution < -0.4 is 4.90 Å². The van der Waals surface area contributed by atoms with E-state index in [4.69, 9.17) is 4.74 Å². The minimum Gasteiger partial charge on any atom is -0.378 e. The largest absolute Gasteiger partial charge is 0.378 e. The van der Waals surface area contributed by atoms with Crippen molar-refractivity contribution in [1.29, 1.82) is 0 Å². The zero-order chi connectivity index (χ0) is 16.2. The van der Waals surface area contributed by atoms with Crippen molar-refractivity contribution in [2.24, 2.45) is 5.92 Å². The molecule has 1 saturated heterocycles. The molecule has 128 valence electrons. The smallest absolute Gasteiger partial charge is 0.227 e. The third-order valence-electron chi connectivity index (χ3n) is 5.23. The molecule has 2 aromatic rings. The van der Waals surface area contributed by atoms with E-state index >= 15 is 0 Å². The van der Waals surface area contributed by atoms with Crippen molar-refractivity contribution in [3.05, 3.63) is 41.7 Å². The highest BCUT2D eigenvalue weighted by Crippen LogP contribution is 2.29. The van der Waals surface area contributed by atoms with Gasteiger partial charge >= 0.3 is 0 Å². The minimum atomic E-state index is 0.774. The second kappa shape index (κ2) is 7.34. The van der Waals surface area contributed by atoms with E-state index in [1.807, 2.05) is 0 Å². The van der Waals surface area contributed by atoms with Gasteiger partial charge in [0.1, 0.15) is 5.82 Å². The summed E-state index contributed by atoms with van der Waals surface area (Å²) in [7, 11) is 0. The summed E-state index contributed by atoms with van der Waals surface area (Å²) in [5.74, 6) is 2.93. The maximum absolute atomic E-state index is 5.49. The highest BCUT2D eigenvalue weighted by atomic mass is 16.5. The molecule has 24 heavy (non-hydrogen) atoms. The summed E-state index contributed by atoms with van der Waals surface area (Å²) in [4.78, 5) is 2.32. The monoisotopic (exact) mass is 326 g/mol. The van der Waals surface area contributed by atoms with Crippen molar-refractivity contribution < 1.29 is 4.74 Å². The van der Waals surface area contributed by atoms with Gasteiger partial charge in [0, 0.05) is 19.5 Å². The van der Waals surface area contributed by atoms with Gasteiger partial charge in [0.05, 0.1) is 19.8 Å². The molecule has 0 unspecified atom stereocenters. The number of hydrogen-bond acceptors (Lipinski definition) is 4. The molecule has 0 atom stereocenters. The molecule has 0 N–H and O–H groups in total. The molecule has 5 nitrogen and oxygen atoms in total. The van der Waals surface area contributed by atoms with Gasteiger partial charge in [0.25, 0.3) is 0 Å². The molecule has 0 spiro atoms. The lowest BCUT2D eigenvalue weighted by atomic mass is 10.0. The zero-order valence-electron chi connectivity index (χ0n) is 14.2. The van der Waals surface area contributed by atoms with E-state index in [-0.39, 0.29) is 0 Å². The average molecular weight is 326 g/mol. The lowest BCUT2D eigenvalue weighted by Gasteiger charge is -2.28. The van der Waals surface area contributed by atoms with Crippen LogP contribution in [-0.4, -0.2) is 41.1 Å². The Morgan fingerprint density at radius 2 is 1.75 bits per heavy atom. The molecule has 2 aliphatic rings. The number of anilines is 1. The number of hydrogen-bond donors (Lipinski definition) is 0. The van der Waals surface area contributed by atoms with Gasteiger partial charge in [-0.3, -0.25) is 4.57 Å². The van der Waals surface area contributed by atoms with Crippen molar-refractivity contribution in [3.63, 3.8) is 0 Å². The normalized spacial score (nSPS) is 19.1. The maximum atomic E-state index is 5.49. The van der Waals surface area contributed by atoms with Gasteiger partial charge in [0.15, 0.2) is 0 Å². The average Bonchev–Trinajstić information content (AvgIpc) is 3.28. The summed E-state index contributed by atoms with van der Waals surface area (Å²) in [5, 5.41) is 9.14. The molecule has 1 saturated carbocycles. The van der Waals surface area contributed by atoms with Crippen molar-refractivity contribution in [2.75, 3.05) is 31.2 Å². The van der Waals surface area contributed by atoms with E-state index in [9.17, 15) is 0 Å². The lowest BCUT2D eigenvalue weighted by molar-refractivity contribution is 0.121. The first-order valence-electron chi connectivity index (χ1n) is 9.19. The second-order valence-corrected chi connectivity index (χ2v) is 6.94. The van der Waals surface area contributed by atoms with Crippen molar-refractivity contribution in [2.45, 2.75) is 38.6 Å². The minimum absolute atomic E-state index is 0.774. The summed E-state index contributed by atoms with van der Waals surface area (Å²) in [6.07, 6.45) is 6.47. The molecular weight excluding hydrogens is 300 g/mol. The van der Waals surface area contributed by atoms with Crippen LogP contribution in [0.2, 0.25) is 0 Å². The Morgan fingerprint density at radius 1 is 1.00 bits per heavy atom. The summed E-state index contributed by atoms with van der Waals surface area (Å²) < 4.78 is 7.83. The molecule has 0 radical (unpaired) electrons. The molecule has 1 aliphatic carbocycles. The van der Waals surface area contributed by atoms with Crippen LogP contribution in [0.3, 0.4) is 0 Å². The van der Waals surface area contributed by atoms with Gasteiger partial charge in [-0.05, 0) is 11.5 Å². The van der Waals surface area contributed by atoms with Crippen LogP contribution in [0.5, 0.6) is 0 Å². The predicted octanol–water partition coefficient (Wildman–Crippen LogP) is 2.90.